The van der Waals surface area contributed by atoms with Crippen molar-refractivity contribution in [3.8, 4) is 0 Å². The van der Waals surface area contributed by atoms with Gasteiger partial charge in [-0.1, -0.05) is 6.08 Å². The second-order valence-corrected chi connectivity index (χ2v) is 4.12. The standard InChI is InChI=1S/C12H16O3/c1-3-7-12(8-6-9(2)13)10(14)4-5-11(12)15/h3H,1,4-8H2,2H3. The molecule has 82 valence electrons. The molecule has 0 unspecified atom stereocenters. The molecule has 1 fully saturated rings. The van der Waals surface area contributed by atoms with Crippen molar-refractivity contribution in [2.24, 2.45) is 5.41 Å². The van der Waals surface area contributed by atoms with Gasteiger partial charge < -0.3 is 4.79 Å². The summed E-state index contributed by atoms with van der Waals surface area (Å²) in [6.45, 7) is 5.05. The number of carbonyl (C=O) groups excluding carboxylic acids is 3. The van der Waals surface area contributed by atoms with Gasteiger partial charge in [-0.2, -0.15) is 0 Å². The molecule has 15 heavy (non-hydrogen) atoms. The minimum atomic E-state index is -0.923. The zero-order valence-electron chi connectivity index (χ0n) is 9.04. The molecule has 3 heteroatoms. The lowest BCUT2D eigenvalue weighted by Crippen LogP contribution is -2.32. The first-order valence-corrected chi connectivity index (χ1v) is 5.20. The van der Waals surface area contributed by atoms with E-state index >= 15 is 0 Å². The number of rotatable bonds is 5. The van der Waals surface area contributed by atoms with Gasteiger partial charge in [-0.3, -0.25) is 9.59 Å². The van der Waals surface area contributed by atoms with Crippen molar-refractivity contribution in [3.05, 3.63) is 12.7 Å². The van der Waals surface area contributed by atoms with Crippen LogP contribution < -0.4 is 0 Å². The minimum absolute atomic E-state index is 0.0194. The van der Waals surface area contributed by atoms with Crippen LogP contribution in [0.3, 0.4) is 0 Å². The normalized spacial score (nSPS) is 19.3. The average molecular weight is 208 g/mol. The summed E-state index contributed by atoms with van der Waals surface area (Å²) in [7, 11) is 0. The lowest BCUT2D eigenvalue weighted by Gasteiger charge is -2.23. The van der Waals surface area contributed by atoms with Crippen LogP contribution in [0.4, 0.5) is 0 Å². The molecule has 0 aromatic rings. The van der Waals surface area contributed by atoms with Crippen molar-refractivity contribution in [1.82, 2.24) is 0 Å². The maximum absolute atomic E-state index is 11.7. The molecule has 0 bridgehead atoms. The summed E-state index contributed by atoms with van der Waals surface area (Å²) in [5.41, 5.74) is -0.923. The van der Waals surface area contributed by atoms with Crippen molar-refractivity contribution in [2.45, 2.75) is 39.0 Å². The van der Waals surface area contributed by atoms with E-state index in [1.54, 1.807) is 6.08 Å². The van der Waals surface area contributed by atoms with Crippen LogP contribution in [0.5, 0.6) is 0 Å². The summed E-state index contributed by atoms with van der Waals surface area (Å²) in [5.74, 6) is -0.0202. The molecule has 0 aromatic heterocycles. The Hall–Kier alpha value is -1.25. The van der Waals surface area contributed by atoms with E-state index in [1.165, 1.54) is 6.92 Å². The zero-order valence-corrected chi connectivity index (χ0v) is 9.04. The SMILES string of the molecule is C=CCC1(CCC(C)=O)C(=O)CCC1=O. The topological polar surface area (TPSA) is 51.2 Å². The quantitative estimate of drug-likeness (QED) is 0.511. The Bertz CT molecular complexity index is 299. The summed E-state index contributed by atoms with van der Waals surface area (Å²) in [4.78, 5) is 34.4. The van der Waals surface area contributed by atoms with Gasteiger partial charge in [0.05, 0.1) is 5.41 Å². The van der Waals surface area contributed by atoms with Crippen LogP contribution in [0.15, 0.2) is 12.7 Å². The van der Waals surface area contributed by atoms with Crippen molar-refractivity contribution in [1.29, 1.82) is 0 Å². The predicted octanol–water partition coefficient (Wildman–Crippen LogP) is 1.85. The van der Waals surface area contributed by atoms with Gasteiger partial charge >= 0.3 is 0 Å². The highest BCUT2D eigenvalue weighted by Crippen LogP contribution is 2.39. The van der Waals surface area contributed by atoms with Crippen LogP contribution in [-0.4, -0.2) is 17.3 Å². The van der Waals surface area contributed by atoms with Crippen LogP contribution in [0.25, 0.3) is 0 Å². The van der Waals surface area contributed by atoms with Gasteiger partial charge in [-0.15, -0.1) is 6.58 Å². The van der Waals surface area contributed by atoms with E-state index in [4.69, 9.17) is 0 Å². The Balaban J connectivity index is 2.86. The molecule has 0 amide bonds. The van der Waals surface area contributed by atoms with Gasteiger partial charge in [0.2, 0.25) is 0 Å². The zero-order chi connectivity index (χ0) is 11.5. The smallest absolute Gasteiger partial charge is 0.147 e. The van der Waals surface area contributed by atoms with Gasteiger partial charge in [0.15, 0.2) is 0 Å². The molecule has 0 atom stereocenters. The third-order valence-corrected chi connectivity index (χ3v) is 3.04. The summed E-state index contributed by atoms with van der Waals surface area (Å²) in [6.07, 6.45) is 3.27. The molecule has 0 radical (unpaired) electrons. The highest BCUT2D eigenvalue weighted by Gasteiger charge is 2.47. The molecular formula is C12H16O3. The van der Waals surface area contributed by atoms with Gasteiger partial charge in [0.1, 0.15) is 17.3 Å². The first-order chi connectivity index (χ1) is 7.03. The largest absolute Gasteiger partial charge is 0.300 e. The Morgan fingerprint density at radius 1 is 1.40 bits per heavy atom. The summed E-state index contributed by atoms with van der Waals surface area (Å²) >= 11 is 0. The molecule has 0 aliphatic heterocycles. The lowest BCUT2D eigenvalue weighted by molar-refractivity contribution is -0.135. The Morgan fingerprint density at radius 2 is 1.93 bits per heavy atom. The van der Waals surface area contributed by atoms with Crippen molar-refractivity contribution in [2.75, 3.05) is 0 Å². The van der Waals surface area contributed by atoms with Gasteiger partial charge in [0.25, 0.3) is 0 Å². The Morgan fingerprint density at radius 3 is 2.33 bits per heavy atom. The third-order valence-electron chi connectivity index (χ3n) is 3.04. The summed E-state index contributed by atoms with van der Waals surface area (Å²) in [6, 6.07) is 0. The molecule has 1 aliphatic carbocycles. The fraction of sp³-hybridized carbons (Fsp3) is 0.583. The number of carbonyl (C=O) groups is 3. The molecule has 3 nitrogen and oxygen atoms in total. The molecule has 1 saturated carbocycles. The molecule has 0 saturated heterocycles. The minimum Gasteiger partial charge on any atom is -0.300 e. The van der Waals surface area contributed by atoms with Crippen molar-refractivity contribution >= 4 is 17.3 Å². The second kappa shape index (κ2) is 4.51. The lowest BCUT2D eigenvalue weighted by atomic mass is 9.76. The van der Waals surface area contributed by atoms with Crippen LogP contribution >= 0.6 is 0 Å². The van der Waals surface area contributed by atoms with E-state index < -0.39 is 5.41 Å². The Kier molecular flexibility index (Phi) is 3.56. The maximum atomic E-state index is 11.7. The first-order valence-electron chi connectivity index (χ1n) is 5.20. The fourth-order valence-corrected chi connectivity index (χ4v) is 2.11. The number of allylic oxidation sites excluding steroid dienone is 1. The predicted molar refractivity (Wildman–Crippen MR) is 56.4 cm³/mol. The van der Waals surface area contributed by atoms with E-state index in [2.05, 4.69) is 6.58 Å². The second-order valence-electron chi connectivity index (χ2n) is 4.12. The van der Waals surface area contributed by atoms with Crippen LogP contribution in [0, 0.1) is 5.41 Å². The number of hydrogen-bond donors (Lipinski definition) is 0. The van der Waals surface area contributed by atoms with Gasteiger partial charge in [-0.05, 0) is 19.8 Å². The number of hydrogen-bond acceptors (Lipinski definition) is 3. The summed E-state index contributed by atoms with van der Waals surface area (Å²) < 4.78 is 0. The maximum Gasteiger partial charge on any atom is 0.147 e. The van der Waals surface area contributed by atoms with Crippen molar-refractivity contribution in [3.63, 3.8) is 0 Å². The van der Waals surface area contributed by atoms with E-state index in [0.29, 0.717) is 32.1 Å². The van der Waals surface area contributed by atoms with Gasteiger partial charge in [-0.25, -0.2) is 0 Å². The van der Waals surface area contributed by atoms with E-state index in [1.807, 2.05) is 0 Å². The molecule has 0 aromatic carbocycles. The molecule has 0 N–H and O–H groups in total. The molecule has 1 rings (SSSR count). The third kappa shape index (κ3) is 2.22. The highest BCUT2D eigenvalue weighted by molar-refractivity contribution is 6.13. The first kappa shape index (κ1) is 11.8. The Labute approximate surface area is 89.5 Å². The van der Waals surface area contributed by atoms with Crippen LogP contribution in [-0.2, 0) is 14.4 Å². The van der Waals surface area contributed by atoms with E-state index in [9.17, 15) is 14.4 Å². The number of Topliss-reactive ketones (excluding diaryl/α,β-unsaturated/α-hetero) is 3. The molecule has 0 spiro atoms. The fourth-order valence-electron chi connectivity index (χ4n) is 2.11. The van der Waals surface area contributed by atoms with E-state index in [-0.39, 0.29) is 17.3 Å². The molecular weight excluding hydrogens is 192 g/mol. The number of ketones is 3. The summed E-state index contributed by atoms with van der Waals surface area (Å²) in [5, 5.41) is 0. The highest BCUT2D eigenvalue weighted by atomic mass is 16.2. The van der Waals surface area contributed by atoms with E-state index in [0.717, 1.165) is 0 Å². The molecule has 1 aliphatic rings. The van der Waals surface area contributed by atoms with Crippen molar-refractivity contribution < 1.29 is 14.4 Å². The van der Waals surface area contributed by atoms with Gasteiger partial charge in [0, 0.05) is 19.3 Å². The average Bonchev–Trinajstić information content (AvgIpc) is 2.44. The van der Waals surface area contributed by atoms with Crippen LogP contribution in [0.1, 0.15) is 39.0 Å². The van der Waals surface area contributed by atoms with Crippen LogP contribution in [0.2, 0.25) is 0 Å². The monoisotopic (exact) mass is 208 g/mol. The molecule has 0 heterocycles.